The van der Waals surface area contributed by atoms with E-state index in [1.165, 1.54) is 13.0 Å². The van der Waals surface area contributed by atoms with E-state index in [4.69, 9.17) is 0 Å². The summed E-state index contributed by atoms with van der Waals surface area (Å²) in [6, 6.07) is 5.10. The number of rotatable bonds is 2. The van der Waals surface area contributed by atoms with Gasteiger partial charge >= 0.3 is 6.18 Å². The lowest BCUT2D eigenvalue weighted by atomic mass is 9.99. The molecule has 1 aromatic carbocycles. The Bertz CT molecular complexity index is 647. The van der Waals surface area contributed by atoms with Gasteiger partial charge in [0.05, 0.1) is 11.8 Å². The van der Waals surface area contributed by atoms with Crippen LogP contribution in [0.15, 0.2) is 36.5 Å². The number of hydrogen-bond donors (Lipinski definition) is 0. The zero-order valence-electron chi connectivity index (χ0n) is 10.3. The van der Waals surface area contributed by atoms with Crippen LogP contribution in [0.25, 0.3) is 0 Å². The minimum Gasteiger partial charge on any atom is -0.287 e. The van der Waals surface area contributed by atoms with Gasteiger partial charge in [-0.2, -0.15) is 13.2 Å². The summed E-state index contributed by atoms with van der Waals surface area (Å²) < 4.78 is 50.3. The second-order valence-electron chi connectivity index (χ2n) is 4.22. The Morgan fingerprint density at radius 3 is 2.35 bits per heavy atom. The average molecular weight is 283 g/mol. The third kappa shape index (κ3) is 2.84. The van der Waals surface area contributed by atoms with E-state index in [0.29, 0.717) is 0 Å². The minimum absolute atomic E-state index is 0.0192. The summed E-state index contributed by atoms with van der Waals surface area (Å²) >= 11 is 0. The van der Waals surface area contributed by atoms with E-state index in [2.05, 4.69) is 4.98 Å². The SMILES string of the molecule is Cc1cc(C(F)(F)F)ccc1C(=O)c1ccc(F)cn1. The highest BCUT2D eigenvalue weighted by atomic mass is 19.4. The van der Waals surface area contributed by atoms with E-state index in [9.17, 15) is 22.4 Å². The van der Waals surface area contributed by atoms with Gasteiger partial charge in [0.15, 0.2) is 0 Å². The molecule has 0 saturated carbocycles. The molecule has 0 aliphatic rings. The van der Waals surface area contributed by atoms with Gasteiger partial charge in [-0.3, -0.25) is 4.79 Å². The first-order valence-electron chi connectivity index (χ1n) is 5.63. The molecule has 0 unspecified atom stereocenters. The van der Waals surface area contributed by atoms with Crippen molar-refractivity contribution in [2.24, 2.45) is 0 Å². The van der Waals surface area contributed by atoms with Crippen LogP contribution in [-0.4, -0.2) is 10.8 Å². The van der Waals surface area contributed by atoms with Crippen LogP contribution in [0.3, 0.4) is 0 Å². The van der Waals surface area contributed by atoms with Gasteiger partial charge in [-0.1, -0.05) is 6.07 Å². The number of carbonyl (C=O) groups excluding carboxylic acids is 1. The molecule has 6 heteroatoms. The van der Waals surface area contributed by atoms with E-state index < -0.39 is 23.3 Å². The number of nitrogens with zero attached hydrogens (tertiary/aromatic N) is 1. The second kappa shape index (κ2) is 5.03. The van der Waals surface area contributed by atoms with Gasteiger partial charge in [0.25, 0.3) is 0 Å². The van der Waals surface area contributed by atoms with Gasteiger partial charge in [0.2, 0.25) is 5.78 Å². The highest BCUT2D eigenvalue weighted by Gasteiger charge is 2.31. The fourth-order valence-electron chi connectivity index (χ4n) is 1.74. The van der Waals surface area contributed by atoms with Crippen molar-refractivity contribution < 1.29 is 22.4 Å². The predicted octanol–water partition coefficient (Wildman–Crippen LogP) is 3.78. The van der Waals surface area contributed by atoms with Crippen LogP contribution in [0, 0.1) is 12.7 Å². The third-order valence-corrected chi connectivity index (χ3v) is 2.76. The lowest BCUT2D eigenvalue weighted by Crippen LogP contribution is -2.10. The Hall–Kier alpha value is -2.24. The molecule has 0 aliphatic carbocycles. The molecule has 0 N–H and O–H groups in total. The predicted molar refractivity (Wildman–Crippen MR) is 63.8 cm³/mol. The van der Waals surface area contributed by atoms with Gasteiger partial charge in [0.1, 0.15) is 11.5 Å². The molecule has 0 bridgehead atoms. The smallest absolute Gasteiger partial charge is 0.287 e. The Morgan fingerprint density at radius 2 is 1.85 bits per heavy atom. The minimum atomic E-state index is -4.46. The molecule has 1 heterocycles. The summed E-state index contributed by atoms with van der Waals surface area (Å²) in [6.45, 7) is 1.41. The first-order chi connectivity index (χ1) is 9.29. The number of aryl methyl sites for hydroxylation is 1. The summed E-state index contributed by atoms with van der Waals surface area (Å²) in [5, 5.41) is 0. The number of alkyl halides is 3. The van der Waals surface area contributed by atoms with Crippen molar-refractivity contribution in [3.8, 4) is 0 Å². The molecular formula is C14H9F4NO. The number of aromatic nitrogens is 1. The molecular weight excluding hydrogens is 274 g/mol. The lowest BCUT2D eigenvalue weighted by Gasteiger charge is -2.10. The summed E-state index contributed by atoms with van der Waals surface area (Å²) in [4.78, 5) is 15.7. The van der Waals surface area contributed by atoms with E-state index in [-0.39, 0.29) is 16.8 Å². The monoisotopic (exact) mass is 283 g/mol. The van der Waals surface area contributed by atoms with Crippen molar-refractivity contribution in [1.29, 1.82) is 0 Å². The van der Waals surface area contributed by atoms with Crippen molar-refractivity contribution in [3.63, 3.8) is 0 Å². The number of pyridine rings is 1. The Labute approximate surface area is 112 Å². The summed E-state index contributed by atoms with van der Waals surface area (Å²) in [5.74, 6) is -1.14. The molecule has 20 heavy (non-hydrogen) atoms. The maximum absolute atomic E-state index is 12.7. The van der Waals surface area contributed by atoms with Gasteiger partial charge in [-0.15, -0.1) is 0 Å². The van der Waals surface area contributed by atoms with Gasteiger partial charge in [-0.05, 0) is 36.8 Å². The number of hydrogen-bond acceptors (Lipinski definition) is 2. The molecule has 2 nitrogen and oxygen atoms in total. The molecule has 0 saturated heterocycles. The summed E-state index contributed by atoms with van der Waals surface area (Å²) in [6.07, 6.45) is -3.58. The zero-order valence-corrected chi connectivity index (χ0v) is 10.3. The molecule has 0 fully saturated rings. The number of halogens is 4. The largest absolute Gasteiger partial charge is 0.416 e. The van der Waals surface area contributed by atoms with Crippen LogP contribution >= 0.6 is 0 Å². The summed E-state index contributed by atoms with van der Waals surface area (Å²) in [5.41, 5.74) is -0.541. The maximum Gasteiger partial charge on any atom is 0.416 e. The standard InChI is InChI=1S/C14H9F4NO/c1-8-6-9(14(16,17)18)2-4-11(8)13(20)12-5-3-10(15)7-19-12/h2-7H,1H3. The van der Waals surface area contributed by atoms with Crippen molar-refractivity contribution in [3.05, 3.63) is 64.7 Å². The Balaban J connectivity index is 2.38. The van der Waals surface area contributed by atoms with Crippen molar-refractivity contribution >= 4 is 5.78 Å². The third-order valence-electron chi connectivity index (χ3n) is 2.76. The first kappa shape index (κ1) is 14.2. The van der Waals surface area contributed by atoms with Crippen LogP contribution in [-0.2, 0) is 6.18 Å². The maximum atomic E-state index is 12.7. The van der Waals surface area contributed by atoms with Gasteiger partial charge in [0, 0.05) is 5.56 Å². The molecule has 2 aromatic rings. The summed E-state index contributed by atoms with van der Waals surface area (Å²) in [7, 11) is 0. The molecule has 0 spiro atoms. The van der Waals surface area contributed by atoms with E-state index in [1.54, 1.807) is 0 Å². The van der Waals surface area contributed by atoms with Crippen LogP contribution in [0.1, 0.15) is 27.2 Å². The van der Waals surface area contributed by atoms with Crippen molar-refractivity contribution in [2.45, 2.75) is 13.1 Å². The molecule has 0 atom stereocenters. The van der Waals surface area contributed by atoms with Crippen molar-refractivity contribution in [2.75, 3.05) is 0 Å². The van der Waals surface area contributed by atoms with Crippen molar-refractivity contribution in [1.82, 2.24) is 4.98 Å². The normalized spacial score (nSPS) is 11.4. The first-order valence-corrected chi connectivity index (χ1v) is 5.63. The average Bonchev–Trinajstić information content (AvgIpc) is 2.37. The molecule has 0 radical (unpaired) electrons. The molecule has 104 valence electrons. The fraction of sp³-hybridized carbons (Fsp3) is 0.143. The molecule has 1 aromatic heterocycles. The number of benzene rings is 1. The van der Waals surface area contributed by atoms with E-state index in [1.807, 2.05) is 0 Å². The van der Waals surface area contributed by atoms with Gasteiger partial charge in [-0.25, -0.2) is 9.37 Å². The molecule has 0 amide bonds. The number of carbonyl (C=O) groups is 1. The van der Waals surface area contributed by atoms with Gasteiger partial charge < -0.3 is 0 Å². The Morgan fingerprint density at radius 1 is 1.15 bits per heavy atom. The van der Waals surface area contributed by atoms with E-state index in [0.717, 1.165) is 30.5 Å². The second-order valence-corrected chi connectivity index (χ2v) is 4.22. The lowest BCUT2D eigenvalue weighted by molar-refractivity contribution is -0.137. The van der Waals surface area contributed by atoms with Crippen LogP contribution in [0.5, 0.6) is 0 Å². The highest BCUT2D eigenvalue weighted by molar-refractivity contribution is 6.08. The number of ketones is 1. The quantitative estimate of drug-likeness (QED) is 0.620. The molecule has 2 rings (SSSR count). The zero-order chi connectivity index (χ0) is 14.9. The fourth-order valence-corrected chi connectivity index (χ4v) is 1.74. The van der Waals surface area contributed by atoms with E-state index >= 15 is 0 Å². The molecule has 0 aliphatic heterocycles. The Kier molecular flexibility index (Phi) is 3.57. The van der Waals surface area contributed by atoms with Crippen LogP contribution in [0.4, 0.5) is 17.6 Å². The van der Waals surface area contributed by atoms with Crippen LogP contribution in [0.2, 0.25) is 0 Å². The topological polar surface area (TPSA) is 30.0 Å². The highest BCUT2D eigenvalue weighted by Crippen LogP contribution is 2.30. The van der Waals surface area contributed by atoms with Crippen LogP contribution < -0.4 is 0 Å².